The van der Waals surface area contributed by atoms with Gasteiger partial charge in [-0.3, -0.25) is 4.98 Å². The number of hydrogen-bond donors (Lipinski definition) is 1. The summed E-state index contributed by atoms with van der Waals surface area (Å²) in [6.07, 6.45) is 6.26. The molecule has 0 aliphatic carbocycles. The van der Waals surface area contributed by atoms with E-state index in [0.29, 0.717) is 5.69 Å². The van der Waals surface area contributed by atoms with Crippen molar-refractivity contribution in [2.45, 2.75) is 4.90 Å². The molecule has 3 rings (SSSR count). The Kier molecular flexibility index (Phi) is 3.39. The number of sulfone groups is 1. The maximum Gasteiger partial charge on any atom is 0.272 e. The molecule has 0 aliphatic heterocycles. The molecule has 0 atom stereocenters. The zero-order valence-electron chi connectivity index (χ0n) is 10.8. The third-order valence-electron chi connectivity index (χ3n) is 3.02. The Morgan fingerprint density at radius 1 is 1.24 bits per heavy atom. The number of pyridine rings is 1. The smallest absolute Gasteiger partial charge is 0.264 e. The number of hydrogen-bond acceptors (Lipinski definition) is 3. The van der Waals surface area contributed by atoms with E-state index < -0.39 is 9.84 Å². The molecule has 1 aromatic carbocycles. The molecule has 2 aromatic heterocycles. The van der Waals surface area contributed by atoms with Crippen LogP contribution in [0, 0.1) is 0 Å². The van der Waals surface area contributed by atoms with Crippen molar-refractivity contribution in [2.75, 3.05) is 6.26 Å². The summed E-state index contributed by atoms with van der Waals surface area (Å²) in [6, 6.07) is 4.59. The highest BCUT2D eigenvalue weighted by Gasteiger charge is 2.23. The first kappa shape index (κ1) is 14.3. The Morgan fingerprint density at radius 3 is 2.48 bits per heavy atom. The van der Waals surface area contributed by atoms with Gasteiger partial charge in [-0.2, -0.15) is 5.10 Å². The molecule has 1 N–H and O–H groups in total. The summed E-state index contributed by atoms with van der Waals surface area (Å²) in [4.78, 5) is 4.12. The van der Waals surface area contributed by atoms with Crippen molar-refractivity contribution in [3.05, 3.63) is 46.8 Å². The number of aromatic amines is 1. The molecule has 3 aromatic rings. The normalized spacial score (nSPS) is 12.0. The number of fused-ring (bicyclic) bond motifs is 1. The average molecular weight is 343 g/mol. The van der Waals surface area contributed by atoms with Crippen LogP contribution in [0.3, 0.4) is 0 Å². The van der Waals surface area contributed by atoms with Crippen molar-refractivity contribution in [3.8, 4) is 5.69 Å². The van der Waals surface area contributed by atoms with E-state index in [-0.39, 0.29) is 14.9 Å². The lowest BCUT2D eigenvalue weighted by molar-refractivity contribution is -0.652. The van der Waals surface area contributed by atoms with Gasteiger partial charge in [0.15, 0.2) is 9.84 Å². The van der Waals surface area contributed by atoms with Gasteiger partial charge >= 0.3 is 0 Å². The summed E-state index contributed by atoms with van der Waals surface area (Å²) in [5, 5.41) is 4.48. The van der Waals surface area contributed by atoms with Crippen LogP contribution in [0.15, 0.2) is 41.7 Å². The minimum absolute atomic E-state index is 0.0830. The van der Waals surface area contributed by atoms with Crippen LogP contribution < -0.4 is 4.68 Å². The van der Waals surface area contributed by atoms with Crippen LogP contribution in [0.4, 0.5) is 0 Å². The maximum absolute atomic E-state index is 11.6. The first-order chi connectivity index (χ1) is 9.86. The van der Waals surface area contributed by atoms with E-state index >= 15 is 0 Å². The lowest BCUT2D eigenvalue weighted by Gasteiger charge is -2.02. The fourth-order valence-electron chi connectivity index (χ4n) is 2.02. The average Bonchev–Trinajstić information content (AvgIpc) is 2.79. The van der Waals surface area contributed by atoms with Crippen LogP contribution in [-0.4, -0.2) is 24.8 Å². The molecule has 2 heterocycles. The highest BCUT2D eigenvalue weighted by Crippen LogP contribution is 2.29. The zero-order valence-corrected chi connectivity index (χ0v) is 13.2. The molecule has 21 heavy (non-hydrogen) atoms. The number of rotatable bonds is 2. The standard InChI is InChI=1S/C13H9Cl2N3O2S/c1-21(19,20)9-4-10(14)13(11(15)5-9)18-7-8-6-16-3-2-12(8)17-18/h2-7H,1H3/p+1. The molecule has 0 fully saturated rings. The summed E-state index contributed by atoms with van der Waals surface area (Å²) < 4.78 is 24.8. The number of aromatic nitrogens is 3. The van der Waals surface area contributed by atoms with Gasteiger partial charge in [0.1, 0.15) is 15.6 Å². The predicted molar refractivity (Wildman–Crippen MR) is 80.8 cm³/mol. The highest BCUT2D eigenvalue weighted by molar-refractivity contribution is 7.90. The van der Waals surface area contributed by atoms with E-state index in [1.54, 1.807) is 23.3 Å². The van der Waals surface area contributed by atoms with Crippen LogP contribution >= 0.6 is 23.2 Å². The van der Waals surface area contributed by atoms with Gasteiger partial charge in [-0.15, -0.1) is 0 Å². The molecule has 8 heteroatoms. The van der Waals surface area contributed by atoms with Crippen molar-refractivity contribution in [1.82, 2.24) is 10.1 Å². The molecular formula is C13H10Cl2N3O2S+. The number of nitrogens with one attached hydrogen (secondary N) is 1. The van der Waals surface area contributed by atoms with E-state index in [9.17, 15) is 8.42 Å². The minimum atomic E-state index is -3.37. The molecule has 0 unspecified atom stereocenters. The van der Waals surface area contributed by atoms with Gasteiger partial charge in [0.05, 0.1) is 10.3 Å². The third kappa shape index (κ3) is 2.62. The van der Waals surface area contributed by atoms with Gasteiger partial charge in [0.2, 0.25) is 6.20 Å². The second kappa shape index (κ2) is 4.98. The Labute approximate surface area is 131 Å². The molecule has 0 saturated carbocycles. The fraction of sp³-hybridized carbons (Fsp3) is 0.0769. The van der Waals surface area contributed by atoms with Gasteiger partial charge in [-0.1, -0.05) is 27.9 Å². The van der Waals surface area contributed by atoms with Crippen molar-refractivity contribution >= 4 is 43.9 Å². The van der Waals surface area contributed by atoms with Gasteiger partial charge in [0, 0.05) is 18.6 Å². The largest absolute Gasteiger partial charge is 0.272 e. The van der Waals surface area contributed by atoms with Gasteiger partial charge in [-0.25, -0.2) is 8.42 Å². The molecule has 108 valence electrons. The second-order valence-corrected chi connectivity index (χ2v) is 7.41. The second-order valence-electron chi connectivity index (χ2n) is 4.58. The topological polar surface area (TPSA) is 66.7 Å². The molecule has 0 aliphatic rings. The zero-order chi connectivity index (χ0) is 15.2. The molecule has 5 nitrogen and oxygen atoms in total. The van der Waals surface area contributed by atoms with E-state index in [1.807, 2.05) is 6.07 Å². The van der Waals surface area contributed by atoms with E-state index in [1.165, 1.54) is 12.1 Å². The van der Waals surface area contributed by atoms with Crippen LogP contribution in [-0.2, 0) is 9.84 Å². The van der Waals surface area contributed by atoms with Gasteiger partial charge < -0.3 is 0 Å². The SMILES string of the molecule is CS(=O)(=O)c1cc(Cl)c(-[n+]2cc3cnccc3[nH]2)c(Cl)c1. The highest BCUT2D eigenvalue weighted by atomic mass is 35.5. The van der Waals surface area contributed by atoms with Crippen LogP contribution in [0.2, 0.25) is 10.0 Å². The Hall–Kier alpha value is -1.63. The molecule has 0 bridgehead atoms. The van der Waals surface area contributed by atoms with Crippen molar-refractivity contribution in [2.24, 2.45) is 0 Å². The van der Waals surface area contributed by atoms with Crippen LogP contribution in [0.5, 0.6) is 0 Å². The van der Waals surface area contributed by atoms with Crippen molar-refractivity contribution < 1.29 is 13.1 Å². The van der Waals surface area contributed by atoms with Crippen molar-refractivity contribution in [3.63, 3.8) is 0 Å². The minimum Gasteiger partial charge on any atom is -0.264 e. The Morgan fingerprint density at radius 2 is 1.90 bits per heavy atom. The summed E-state index contributed by atoms with van der Waals surface area (Å²) in [7, 11) is -3.37. The maximum atomic E-state index is 11.6. The molecule has 0 saturated heterocycles. The van der Waals surface area contributed by atoms with Crippen LogP contribution in [0.1, 0.15) is 0 Å². The molecule has 0 amide bonds. The van der Waals surface area contributed by atoms with Crippen LogP contribution in [0.25, 0.3) is 16.6 Å². The van der Waals surface area contributed by atoms with E-state index in [0.717, 1.165) is 17.2 Å². The summed E-state index contributed by atoms with van der Waals surface area (Å²) >= 11 is 12.4. The molecule has 0 radical (unpaired) electrons. The third-order valence-corrected chi connectivity index (χ3v) is 4.69. The quantitative estimate of drug-likeness (QED) is 0.727. The van der Waals surface area contributed by atoms with Crippen molar-refractivity contribution in [1.29, 1.82) is 0 Å². The monoisotopic (exact) mass is 342 g/mol. The van der Waals surface area contributed by atoms with Gasteiger partial charge in [0.25, 0.3) is 5.69 Å². The fourth-order valence-corrected chi connectivity index (χ4v) is 3.48. The first-order valence-electron chi connectivity index (χ1n) is 5.90. The Bertz CT molecular complexity index is 895. The lowest BCUT2D eigenvalue weighted by atomic mass is 10.3. The van der Waals surface area contributed by atoms with E-state index in [4.69, 9.17) is 23.2 Å². The number of benzene rings is 1. The number of nitrogens with zero attached hydrogens (tertiary/aromatic N) is 2. The summed E-state index contributed by atoms with van der Waals surface area (Å²) in [6.45, 7) is 0. The predicted octanol–water partition coefficient (Wildman–Crippen LogP) is 2.55. The molecular weight excluding hydrogens is 333 g/mol. The van der Waals surface area contributed by atoms with E-state index in [2.05, 4.69) is 10.1 Å². The van der Waals surface area contributed by atoms with Gasteiger partial charge in [-0.05, 0) is 18.2 Å². The first-order valence-corrected chi connectivity index (χ1v) is 8.55. The summed E-state index contributed by atoms with van der Waals surface area (Å²) in [5.41, 5.74) is 1.35. The Balaban J connectivity index is 2.23. The lowest BCUT2D eigenvalue weighted by Crippen LogP contribution is -2.32. The summed E-state index contributed by atoms with van der Waals surface area (Å²) in [5.74, 6) is 0. The molecule has 0 spiro atoms. The number of halogens is 2. The number of H-pyrrole nitrogens is 1.